The second kappa shape index (κ2) is 12.8. The molecule has 0 saturated carbocycles. The molecule has 0 unspecified atom stereocenters. The number of benzene rings is 3. The smallest absolute Gasteiger partial charge is 0.429 e. The summed E-state index contributed by atoms with van der Waals surface area (Å²) < 4.78 is 5.65. The van der Waals surface area contributed by atoms with Crippen molar-refractivity contribution in [1.82, 2.24) is 10.3 Å². The number of anilines is 1. The number of ether oxygens (including phenoxy) is 1. The summed E-state index contributed by atoms with van der Waals surface area (Å²) >= 11 is 0. The van der Waals surface area contributed by atoms with E-state index in [9.17, 15) is 14.4 Å². The van der Waals surface area contributed by atoms with Crippen LogP contribution in [0.15, 0.2) is 78.9 Å². The minimum Gasteiger partial charge on any atom is -0.447 e. The number of piperidine rings is 1. The first-order valence-corrected chi connectivity index (χ1v) is 12.5. The molecule has 1 fully saturated rings. The molecule has 3 aromatic carbocycles. The van der Waals surface area contributed by atoms with E-state index in [-0.39, 0.29) is 18.9 Å². The van der Waals surface area contributed by atoms with Crippen LogP contribution >= 0.6 is 0 Å². The van der Waals surface area contributed by atoms with Crippen molar-refractivity contribution in [3.63, 3.8) is 0 Å². The average Bonchev–Trinajstić information content (AvgIpc) is 2.94. The van der Waals surface area contributed by atoms with Gasteiger partial charge in [0.05, 0.1) is 12.2 Å². The normalized spacial score (nSPS) is 13.6. The van der Waals surface area contributed by atoms with Gasteiger partial charge in [0.15, 0.2) is 5.78 Å². The van der Waals surface area contributed by atoms with Gasteiger partial charge in [0.2, 0.25) is 5.91 Å². The van der Waals surface area contributed by atoms with Crippen LogP contribution in [0.25, 0.3) is 11.1 Å². The molecule has 0 spiro atoms. The number of nitrogens with one attached hydrogen (secondary N) is 1. The number of para-hydroxylation sites is 1. The number of hydrogen-bond acceptors (Lipinski definition) is 6. The van der Waals surface area contributed by atoms with Gasteiger partial charge in [-0.3, -0.25) is 9.59 Å². The number of carbonyl (C=O) groups excluding carboxylic acids is 3. The monoisotopic (exact) mass is 500 g/mol. The van der Waals surface area contributed by atoms with Gasteiger partial charge < -0.3 is 15.8 Å². The number of primary amides is 1. The van der Waals surface area contributed by atoms with Gasteiger partial charge in [-0.1, -0.05) is 67.1 Å². The molecule has 1 aliphatic heterocycles. The molecule has 0 atom stereocenters. The molecule has 0 radical (unpaired) electrons. The maximum absolute atomic E-state index is 13.4. The molecule has 1 aliphatic rings. The Kier molecular flexibility index (Phi) is 9.02. The van der Waals surface area contributed by atoms with Crippen molar-refractivity contribution in [2.24, 2.45) is 5.73 Å². The van der Waals surface area contributed by atoms with Gasteiger partial charge in [-0.25, -0.2) is 14.8 Å². The number of rotatable bonds is 10. The molecule has 2 amide bonds. The van der Waals surface area contributed by atoms with Crippen LogP contribution in [-0.2, 0) is 4.74 Å². The zero-order chi connectivity index (χ0) is 26.0. The lowest BCUT2D eigenvalue weighted by atomic mass is 10.0. The maximum atomic E-state index is 13.4. The molecule has 8 nitrogen and oxygen atoms in total. The Morgan fingerprint density at radius 2 is 1.49 bits per heavy atom. The van der Waals surface area contributed by atoms with Gasteiger partial charge in [0.1, 0.15) is 6.61 Å². The molecule has 37 heavy (non-hydrogen) atoms. The summed E-state index contributed by atoms with van der Waals surface area (Å²) in [6.45, 7) is 2.08. The number of ketones is 1. The van der Waals surface area contributed by atoms with Crippen LogP contribution in [-0.4, -0.2) is 55.6 Å². The highest BCUT2D eigenvalue weighted by molar-refractivity contribution is 5.99. The Morgan fingerprint density at radius 3 is 2.19 bits per heavy atom. The topological polar surface area (TPSA) is 105 Å². The number of nitrogens with zero attached hydrogens (tertiary/aromatic N) is 2. The van der Waals surface area contributed by atoms with E-state index in [4.69, 9.17) is 10.5 Å². The fourth-order valence-electron chi connectivity index (χ4n) is 4.36. The lowest BCUT2D eigenvalue weighted by Gasteiger charge is -2.37. The summed E-state index contributed by atoms with van der Waals surface area (Å²) in [5.41, 5.74) is 8.82. The van der Waals surface area contributed by atoms with Gasteiger partial charge >= 0.3 is 6.09 Å². The maximum Gasteiger partial charge on any atom is 0.429 e. The molecular weight excluding hydrogens is 468 g/mol. The highest BCUT2D eigenvalue weighted by atomic mass is 16.6. The third-order valence-corrected chi connectivity index (χ3v) is 6.29. The second-order valence-corrected chi connectivity index (χ2v) is 8.87. The first-order chi connectivity index (χ1) is 18.0. The average molecular weight is 501 g/mol. The van der Waals surface area contributed by atoms with Crippen LogP contribution in [0.5, 0.6) is 0 Å². The van der Waals surface area contributed by atoms with Crippen molar-refractivity contribution in [3.05, 3.63) is 90.0 Å². The van der Waals surface area contributed by atoms with E-state index in [2.05, 4.69) is 10.3 Å². The largest absolute Gasteiger partial charge is 0.447 e. The minimum atomic E-state index is -0.538. The van der Waals surface area contributed by atoms with Crippen molar-refractivity contribution in [2.75, 3.05) is 37.8 Å². The number of Topliss-reactive ketones (excluding diaryl/α,β-unsaturated/α-hetero) is 1. The Labute approximate surface area is 217 Å². The van der Waals surface area contributed by atoms with Crippen molar-refractivity contribution in [3.8, 4) is 11.1 Å². The second-order valence-electron chi connectivity index (χ2n) is 8.87. The van der Waals surface area contributed by atoms with E-state index >= 15 is 0 Å². The SMILES string of the molecule is NC(=O)c1ccc(C(=O)CNCCOC(=O)N(c2ccccc2-c2ccccc2)N2CCCCC2)cc1. The molecule has 0 bridgehead atoms. The number of nitrogens with two attached hydrogens (primary N) is 1. The van der Waals surface area contributed by atoms with Gasteiger partial charge in [-0.05, 0) is 36.6 Å². The molecule has 0 aromatic heterocycles. The van der Waals surface area contributed by atoms with E-state index in [1.165, 1.54) is 12.1 Å². The standard InChI is InChI=1S/C29H32N4O4/c30-28(35)24-15-13-23(14-16-24)27(34)21-31-17-20-37-29(36)33(32-18-7-2-8-19-32)26-12-6-5-11-25(26)22-9-3-1-4-10-22/h1,3-6,9-16,31H,2,7-8,17-21H2,(H2,30,35). The van der Waals surface area contributed by atoms with Crippen LogP contribution in [0, 0.1) is 0 Å². The van der Waals surface area contributed by atoms with Crippen molar-refractivity contribution in [1.29, 1.82) is 0 Å². The first-order valence-electron chi connectivity index (χ1n) is 12.5. The quantitative estimate of drug-likeness (QED) is 0.318. The summed E-state index contributed by atoms with van der Waals surface area (Å²) in [6.07, 6.45) is 2.73. The predicted molar refractivity (Wildman–Crippen MR) is 143 cm³/mol. The Bertz CT molecular complexity index is 1210. The number of carbonyl (C=O) groups is 3. The molecule has 0 aliphatic carbocycles. The first kappa shape index (κ1) is 26.1. The Hall–Kier alpha value is -4.01. The summed E-state index contributed by atoms with van der Waals surface area (Å²) in [4.78, 5) is 36.9. The van der Waals surface area contributed by atoms with E-state index in [0.29, 0.717) is 17.7 Å². The molecule has 8 heteroatoms. The summed E-state index contributed by atoms with van der Waals surface area (Å²) in [5, 5.41) is 6.74. The molecule has 192 valence electrons. The summed E-state index contributed by atoms with van der Waals surface area (Å²) in [5.74, 6) is -0.669. The zero-order valence-corrected chi connectivity index (χ0v) is 20.8. The molecular formula is C29H32N4O4. The molecule has 1 heterocycles. The predicted octanol–water partition coefficient (Wildman–Crippen LogP) is 4.27. The van der Waals surface area contributed by atoms with Crippen molar-refractivity contribution < 1.29 is 19.1 Å². The third kappa shape index (κ3) is 6.81. The lowest BCUT2D eigenvalue weighted by molar-refractivity contribution is 0.0979. The summed E-state index contributed by atoms with van der Waals surface area (Å²) in [6, 6.07) is 24.0. The van der Waals surface area contributed by atoms with E-state index in [1.807, 2.05) is 54.6 Å². The molecule has 3 N–H and O–H groups in total. The third-order valence-electron chi connectivity index (χ3n) is 6.29. The Morgan fingerprint density at radius 1 is 0.838 bits per heavy atom. The highest BCUT2D eigenvalue weighted by Gasteiger charge is 2.28. The van der Waals surface area contributed by atoms with Crippen LogP contribution in [0.3, 0.4) is 0 Å². The number of amides is 2. The van der Waals surface area contributed by atoms with Gasteiger partial charge in [-0.15, -0.1) is 0 Å². The molecule has 4 rings (SSSR count). The van der Waals surface area contributed by atoms with E-state index in [1.54, 1.807) is 17.1 Å². The van der Waals surface area contributed by atoms with E-state index < -0.39 is 12.0 Å². The van der Waals surface area contributed by atoms with Crippen molar-refractivity contribution in [2.45, 2.75) is 19.3 Å². The summed E-state index contributed by atoms with van der Waals surface area (Å²) in [7, 11) is 0. The van der Waals surface area contributed by atoms with Crippen molar-refractivity contribution >= 4 is 23.5 Å². The van der Waals surface area contributed by atoms with Gasteiger partial charge in [0, 0.05) is 36.3 Å². The molecule has 3 aromatic rings. The molecule has 1 saturated heterocycles. The minimum absolute atomic E-state index is 0.0835. The fourth-order valence-corrected chi connectivity index (χ4v) is 4.36. The number of hydrazine groups is 1. The highest BCUT2D eigenvalue weighted by Crippen LogP contribution is 2.33. The van der Waals surface area contributed by atoms with Crippen LogP contribution in [0.4, 0.5) is 10.5 Å². The Balaban J connectivity index is 1.38. The van der Waals surface area contributed by atoms with Gasteiger partial charge in [-0.2, -0.15) is 0 Å². The number of hydrogen-bond donors (Lipinski definition) is 2. The zero-order valence-electron chi connectivity index (χ0n) is 20.8. The lowest BCUT2D eigenvalue weighted by Crippen LogP contribution is -2.50. The van der Waals surface area contributed by atoms with Crippen LogP contribution in [0.2, 0.25) is 0 Å². The van der Waals surface area contributed by atoms with Gasteiger partial charge in [0.25, 0.3) is 0 Å². The van der Waals surface area contributed by atoms with E-state index in [0.717, 1.165) is 49.2 Å². The van der Waals surface area contributed by atoms with Crippen LogP contribution in [0.1, 0.15) is 40.0 Å². The fraction of sp³-hybridized carbons (Fsp3) is 0.276. The van der Waals surface area contributed by atoms with Crippen LogP contribution < -0.4 is 16.1 Å².